The summed E-state index contributed by atoms with van der Waals surface area (Å²) in [6, 6.07) is 0. The van der Waals surface area contributed by atoms with Crippen molar-refractivity contribution in [3.63, 3.8) is 0 Å². The topological polar surface area (TPSA) is 53.9 Å². The SMILES string of the molecule is CN=C(NCCC(=O)OC)N1CCC2(CCCCC2)C1. The second-order valence-corrected chi connectivity index (χ2v) is 6.03. The van der Waals surface area contributed by atoms with Crippen LogP contribution in [0.2, 0.25) is 0 Å². The Labute approximate surface area is 121 Å². The van der Waals surface area contributed by atoms with Crippen molar-refractivity contribution in [2.45, 2.75) is 44.9 Å². The summed E-state index contributed by atoms with van der Waals surface area (Å²) in [6.07, 6.45) is 8.54. The van der Waals surface area contributed by atoms with Crippen molar-refractivity contribution in [1.82, 2.24) is 10.2 Å². The van der Waals surface area contributed by atoms with Crippen molar-refractivity contribution in [2.75, 3.05) is 33.8 Å². The summed E-state index contributed by atoms with van der Waals surface area (Å²) in [5, 5.41) is 3.27. The number of carbonyl (C=O) groups excluding carboxylic acids is 1. The molecule has 1 aliphatic carbocycles. The first-order valence-corrected chi connectivity index (χ1v) is 7.71. The van der Waals surface area contributed by atoms with Crippen LogP contribution in [-0.4, -0.2) is 50.6 Å². The fourth-order valence-electron chi connectivity index (χ4n) is 3.54. The first-order valence-electron chi connectivity index (χ1n) is 7.71. The van der Waals surface area contributed by atoms with Gasteiger partial charge in [-0.25, -0.2) is 0 Å². The van der Waals surface area contributed by atoms with Gasteiger partial charge in [-0.3, -0.25) is 9.79 Å². The standard InChI is InChI=1S/C15H27N3O2/c1-16-14(17-10-6-13(19)20-2)18-11-9-15(12-18)7-4-3-5-8-15/h3-12H2,1-2H3,(H,16,17). The Balaban J connectivity index is 1.82. The van der Waals surface area contributed by atoms with E-state index in [0.717, 1.165) is 19.0 Å². The van der Waals surface area contributed by atoms with Crippen LogP contribution in [0.1, 0.15) is 44.9 Å². The van der Waals surface area contributed by atoms with Crippen LogP contribution in [0.15, 0.2) is 4.99 Å². The molecule has 2 fully saturated rings. The van der Waals surface area contributed by atoms with Gasteiger partial charge in [-0.05, 0) is 24.7 Å². The molecule has 1 saturated heterocycles. The third kappa shape index (κ3) is 3.64. The quantitative estimate of drug-likeness (QED) is 0.487. The number of aliphatic imine (C=N–C) groups is 1. The van der Waals surface area contributed by atoms with Crippen LogP contribution in [-0.2, 0) is 9.53 Å². The zero-order valence-corrected chi connectivity index (χ0v) is 12.8. The molecule has 2 rings (SSSR count). The van der Waals surface area contributed by atoms with Crippen LogP contribution >= 0.6 is 0 Å². The Morgan fingerprint density at radius 3 is 2.70 bits per heavy atom. The molecule has 5 heteroatoms. The normalized spacial score (nSPS) is 22.1. The monoisotopic (exact) mass is 281 g/mol. The molecular formula is C15H27N3O2. The number of nitrogens with one attached hydrogen (secondary N) is 1. The smallest absolute Gasteiger partial charge is 0.307 e. The molecule has 1 spiro atoms. The van der Waals surface area contributed by atoms with Gasteiger partial charge in [0.2, 0.25) is 0 Å². The van der Waals surface area contributed by atoms with E-state index in [1.165, 1.54) is 45.6 Å². The molecule has 114 valence electrons. The van der Waals surface area contributed by atoms with E-state index in [9.17, 15) is 4.79 Å². The Kier molecular flexibility index (Phi) is 5.26. The zero-order valence-electron chi connectivity index (χ0n) is 12.8. The highest BCUT2D eigenvalue weighted by atomic mass is 16.5. The number of hydrogen-bond donors (Lipinski definition) is 1. The van der Waals surface area contributed by atoms with Gasteiger partial charge in [-0.15, -0.1) is 0 Å². The second kappa shape index (κ2) is 6.95. The van der Waals surface area contributed by atoms with Crippen molar-refractivity contribution < 1.29 is 9.53 Å². The number of nitrogens with zero attached hydrogens (tertiary/aromatic N) is 2. The van der Waals surface area contributed by atoms with Crippen molar-refractivity contribution in [3.05, 3.63) is 0 Å². The molecule has 0 atom stereocenters. The van der Waals surface area contributed by atoms with E-state index >= 15 is 0 Å². The van der Waals surface area contributed by atoms with E-state index in [1.54, 1.807) is 0 Å². The highest BCUT2D eigenvalue weighted by Crippen LogP contribution is 2.43. The lowest BCUT2D eigenvalue weighted by Crippen LogP contribution is -2.42. The van der Waals surface area contributed by atoms with E-state index in [-0.39, 0.29) is 5.97 Å². The molecule has 0 amide bonds. The number of methoxy groups -OCH3 is 1. The molecule has 0 radical (unpaired) electrons. The molecule has 0 unspecified atom stereocenters. The lowest BCUT2D eigenvalue weighted by Gasteiger charge is -2.33. The molecule has 1 heterocycles. The molecule has 0 aromatic rings. The lowest BCUT2D eigenvalue weighted by atomic mass is 9.73. The Hall–Kier alpha value is -1.26. The van der Waals surface area contributed by atoms with Gasteiger partial charge in [-0.1, -0.05) is 19.3 Å². The molecule has 5 nitrogen and oxygen atoms in total. The van der Waals surface area contributed by atoms with Crippen molar-refractivity contribution in [2.24, 2.45) is 10.4 Å². The summed E-state index contributed by atoms with van der Waals surface area (Å²) in [7, 11) is 3.23. The maximum Gasteiger partial charge on any atom is 0.307 e. The summed E-state index contributed by atoms with van der Waals surface area (Å²) < 4.78 is 4.65. The number of carbonyl (C=O) groups is 1. The Morgan fingerprint density at radius 2 is 2.05 bits per heavy atom. The summed E-state index contributed by atoms with van der Waals surface area (Å²) >= 11 is 0. The number of hydrogen-bond acceptors (Lipinski definition) is 3. The van der Waals surface area contributed by atoms with Gasteiger partial charge in [0.25, 0.3) is 0 Å². The number of ether oxygens (including phenoxy) is 1. The highest BCUT2D eigenvalue weighted by molar-refractivity contribution is 5.80. The molecule has 0 aromatic heterocycles. The number of likely N-dealkylation sites (tertiary alicyclic amines) is 1. The minimum atomic E-state index is -0.182. The molecule has 2 aliphatic rings. The summed E-state index contributed by atoms with van der Waals surface area (Å²) in [4.78, 5) is 17.8. The van der Waals surface area contributed by atoms with Crippen LogP contribution < -0.4 is 5.32 Å². The maximum atomic E-state index is 11.1. The average molecular weight is 281 g/mol. The Morgan fingerprint density at radius 1 is 1.30 bits per heavy atom. The van der Waals surface area contributed by atoms with Crippen LogP contribution in [0.5, 0.6) is 0 Å². The van der Waals surface area contributed by atoms with E-state index < -0.39 is 0 Å². The molecule has 0 bridgehead atoms. The van der Waals surface area contributed by atoms with E-state index in [4.69, 9.17) is 0 Å². The first-order chi connectivity index (χ1) is 9.69. The predicted molar refractivity (Wildman–Crippen MR) is 79.7 cm³/mol. The molecule has 1 aliphatic heterocycles. The number of esters is 1. The van der Waals surface area contributed by atoms with E-state index in [1.807, 2.05) is 7.05 Å². The third-order valence-corrected chi connectivity index (χ3v) is 4.70. The van der Waals surface area contributed by atoms with E-state index in [0.29, 0.717) is 18.4 Å². The van der Waals surface area contributed by atoms with E-state index in [2.05, 4.69) is 19.9 Å². The summed E-state index contributed by atoms with van der Waals surface area (Å²) in [5.74, 6) is 0.745. The third-order valence-electron chi connectivity index (χ3n) is 4.70. The van der Waals surface area contributed by atoms with Crippen molar-refractivity contribution in [1.29, 1.82) is 0 Å². The van der Waals surface area contributed by atoms with Gasteiger partial charge < -0.3 is 15.0 Å². The van der Waals surface area contributed by atoms with Crippen molar-refractivity contribution >= 4 is 11.9 Å². The van der Waals surface area contributed by atoms with Gasteiger partial charge in [0, 0.05) is 26.7 Å². The number of guanidine groups is 1. The Bertz CT molecular complexity index is 362. The van der Waals surface area contributed by atoms with Gasteiger partial charge in [0.1, 0.15) is 0 Å². The molecular weight excluding hydrogens is 254 g/mol. The lowest BCUT2D eigenvalue weighted by molar-refractivity contribution is -0.140. The molecule has 0 aromatic carbocycles. The second-order valence-electron chi connectivity index (χ2n) is 6.03. The van der Waals surface area contributed by atoms with Crippen LogP contribution in [0.25, 0.3) is 0 Å². The molecule has 20 heavy (non-hydrogen) atoms. The summed E-state index contributed by atoms with van der Waals surface area (Å²) in [5.41, 5.74) is 0.526. The van der Waals surface area contributed by atoms with Gasteiger partial charge in [-0.2, -0.15) is 0 Å². The van der Waals surface area contributed by atoms with Crippen molar-refractivity contribution in [3.8, 4) is 0 Å². The fraction of sp³-hybridized carbons (Fsp3) is 0.867. The average Bonchev–Trinajstić information content (AvgIpc) is 2.87. The zero-order chi connectivity index (χ0) is 14.4. The fourth-order valence-corrected chi connectivity index (χ4v) is 3.54. The number of rotatable bonds is 3. The summed E-state index contributed by atoms with van der Waals surface area (Å²) in [6.45, 7) is 2.78. The molecule has 1 N–H and O–H groups in total. The van der Waals surface area contributed by atoms with Gasteiger partial charge in [0.05, 0.1) is 13.5 Å². The first kappa shape index (κ1) is 15.1. The highest BCUT2D eigenvalue weighted by Gasteiger charge is 2.39. The largest absolute Gasteiger partial charge is 0.469 e. The minimum absolute atomic E-state index is 0.182. The maximum absolute atomic E-state index is 11.1. The van der Waals surface area contributed by atoms with Crippen LogP contribution in [0.4, 0.5) is 0 Å². The van der Waals surface area contributed by atoms with Crippen LogP contribution in [0, 0.1) is 5.41 Å². The molecule has 1 saturated carbocycles. The predicted octanol–water partition coefficient (Wildman–Crippen LogP) is 1.78. The van der Waals surface area contributed by atoms with Gasteiger partial charge >= 0.3 is 5.97 Å². The van der Waals surface area contributed by atoms with Gasteiger partial charge in [0.15, 0.2) is 5.96 Å². The minimum Gasteiger partial charge on any atom is -0.469 e. The van der Waals surface area contributed by atoms with Crippen LogP contribution in [0.3, 0.4) is 0 Å².